The van der Waals surface area contributed by atoms with Crippen molar-refractivity contribution in [3.05, 3.63) is 35.4 Å². The van der Waals surface area contributed by atoms with Crippen molar-refractivity contribution in [3.8, 4) is 0 Å². The van der Waals surface area contributed by atoms with Crippen molar-refractivity contribution in [1.82, 2.24) is 4.90 Å². The first-order valence-electron chi connectivity index (χ1n) is 7.90. The molecule has 132 valence electrons. The van der Waals surface area contributed by atoms with Crippen LogP contribution in [0.25, 0.3) is 0 Å². The topological polar surface area (TPSA) is 104 Å². The lowest BCUT2D eigenvalue weighted by atomic mass is 9.67. The fraction of sp³-hybridized carbons (Fsp3) is 0.529. The van der Waals surface area contributed by atoms with Gasteiger partial charge in [-0.1, -0.05) is 24.3 Å². The number of carboxylic acids is 1. The highest BCUT2D eigenvalue weighted by Crippen LogP contribution is 2.48. The van der Waals surface area contributed by atoms with Gasteiger partial charge in [0.15, 0.2) is 11.2 Å². The number of ketones is 1. The van der Waals surface area contributed by atoms with Gasteiger partial charge in [-0.3, -0.25) is 14.5 Å². The Morgan fingerprint density at radius 3 is 2.46 bits per heavy atom. The Bertz CT molecular complexity index is 636. The van der Waals surface area contributed by atoms with Crippen LogP contribution in [0.2, 0.25) is 0 Å². The number of carbonyl (C=O) groups is 2. The summed E-state index contributed by atoms with van der Waals surface area (Å²) < 4.78 is 0. The summed E-state index contributed by atoms with van der Waals surface area (Å²) in [6, 6.07) is 6.31. The van der Waals surface area contributed by atoms with E-state index in [-0.39, 0.29) is 18.4 Å². The van der Waals surface area contributed by atoms with Crippen LogP contribution in [0.1, 0.15) is 35.2 Å². The van der Waals surface area contributed by atoms with E-state index in [2.05, 4.69) is 0 Å². The number of benzene rings is 1. The zero-order valence-electron chi connectivity index (χ0n) is 13.5. The Morgan fingerprint density at radius 2 is 1.92 bits per heavy atom. The van der Waals surface area contributed by atoms with Crippen LogP contribution in [0.3, 0.4) is 0 Å². The second-order valence-electron chi connectivity index (χ2n) is 6.57. The van der Waals surface area contributed by atoms with Crippen LogP contribution in [0.5, 0.6) is 0 Å². The highest BCUT2D eigenvalue weighted by molar-refractivity contribution is 6.13. The summed E-state index contributed by atoms with van der Waals surface area (Å²) in [5, 5.41) is 20.5. The number of nitrogens with zero attached hydrogens (tertiary/aromatic N) is 1. The largest absolute Gasteiger partial charge is 0.480 e. The van der Waals surface area contributed by atoms with Gasteiger partial charge in [-0.15, -0.1) is 12.4 Å². The van der Waals surface area contributed by atoms with E-state index in [1.165, 1.54) is 0 Å². The molecule has 2 aliphatic rings. The van der Waals surface area contributed by atoms with E-state index < -0.39 is 29.3 Å². The molecule has 7 heteroatoms. The van der Waals surface area contributed by atoms with Gasteiger partial charge in [-0.25, -0.2) is 0 Å². The lowest BCUT2D eigenvalue weighted by Crippen LogP contribution is -2.64. The Hall–Kier alpha value is -1.47. The second-order valence-corrected chi connectivity index (χ2v) is 6.57. The fourth-order valence-corrected chi connectivity index (χ4v) is 4.23. The first-order valence-corrected chi connectivity index (χ1v) is 7.90. The van der Waals surface area contributed by atoms with Gasteiger partial charge in [0, 0.05) is 24.2 Å². The van der Waals surface area contributed by atoms with Crippen LogP contribution in [-0.2, 0) is 11.3 Å². The molecule has 4 atom stereocenters. The van der Waals surface area contributed by atoms with Crippen LogP contribution in [-0.4, -0.2) is 52.1 Å². The number of carboxylic acid groups (broad SMARTS) is 1. The standard InChI is InChI=1S/C17H22N2O4.ClH/c1-19-12-6-7-13(19)17(16(22)23,14(20)8-12)15(21)11-4-2-10(9-18)3-5-11;/h2-5,12-14,20H,6-9,18H2,1H3,(H,22,23);1H/t12-,13+,14-,17+;/m0./s1. The normalized spacial score (nSPS) is 32.2. The number of carbonyl (C=O) groups excluding carboxylic acids is 1. The molecule has 1 aromatic rings. The van der Waals surface area contributed by atoms with E-state index in [0.717, 1.165) is 12.0 Å². The minimum atomic E-state index is -1.80. The molecule has 0 unspecified atom stereocenters. The van der Waals surface area contributed by atoms with Gasteiger partial charge in [-0.05, 0) is 31.9 Å². The van der Waals surface area contributed by atoms with Crippen molar-refractivity contribution in [3.63, 3.8) is 0 Å². The molecule has 6 nitrogen and oxygen atoms in total. The number of fused-ring (bicyclic) bond motifs is 2. The quantitative estimate of drug-likeness (QED) is 0.551. The predicted octanol–water partition coefficient (Wildman–Crippen LogP) is 1.05. The first kappa shape index (κ1) is 18.9. The molecule has 0 spiro atoms. The third-order valence-corrected chi connectivity index (χ3v) is 5.57. The number of aliphatic hydroxyl groups excluding tert-OH is 1. The Labute approximate surface area is 147 Å². The summed E-state index contributed by atoms with van der Waals surface area (Å²) >= 11 is 0. The molecule has 2 saturated heterocycles. The molecular formula is C17H23ClN2O4. The number of aliphatic carboxylic acids is 1. The average molecular weight is 355 g/mol. The summed E-state index contributed by atoms with van der Waals surface area (Å²) in [7, 11) is 1.84. The second kappa shape index (κ2) is 6.80. The Morgan fingerprint density at radius 1 is 1.29 bits per heavy atom. The van der Waals surface area contributed by atoms with Crippen LogP contribution in [0.4, 0.5) is 0 Å². The number of halogens is 1. The van der Waals surface area contributed by atoms with Gasteiger partial charge in [0.1, 0.15) is 0 Å². The highest BCUT2D eigenvalue weighted by Gasteiger charge is 2.64. The number of hydrogen-bond acceptors (Lipinski definition) is 5. The van der Waals surface area contributed by atoms with E-state index in [4.69, 9.17) is 5.73 Å². The molecule has 2 fully saturated rings. The highest BCUT2D eigenvalue weighted by atomic mass is 35.5. The Kier molecular flexibility index (Phi) is 5.34. The molecule has 0 amide bonds. The van der Waals surface area contributed by atoms with Crippen molar-refractivity contribution >= 4 is 24.2 Å². The maximum absolute atomic E-state index is 13.1. The summed E-state index contributed by atoms with van der Waals surface area (Å²) in [6.45, 7) is 0.355. The molecule has 2 heterocycles. The maximum atomic E-state index is 13.1. The molecule has 2 bridgehead atoms. The van der Waals surface area contributed by atoms with E-state index in [1.807, 2.05) is 11.9 Å². The van der Waals surface area contributed by atoms with Crippen molar-refractivity contribution < 1.29 is 19.8 Å². The van der Waals surface area contributed by atoms with Gasteiger partial charge < -0.3 is 15.9 Å². The number of piperidine rings is 1. The smallest absolute Gasteiger partial charge is 0.321 e. The third kappa shape index (κ3) is 2.54. The monoisotopic (exact) mass is 354 g/mol. The number of nitrogens with two attached hydrogens (primary N) is 1. The summed E-state index contributed by atoms with van der Waals surface area (Å²) in [4.78, 5) is 27.2. The predicted molar refractivity (Wildman–Crippen MR) is 91.2 cm³/mol. The van der Waals surface area contributed by atoms with Gasteiger partial charge >= 0.3 is 5.97 Å². The Balaban J connectivity index is 0.00000208. The van der Waals surface area contributed by atoms with E-state index in [1.54, 1.807) is 24.3 Å². The fourth-order valence-electron chi connectivity index (χ4n) is 4.23. The molecule has 3 rings (SSSR count). The molecule has 2 aliphatic heterocycles. The minimum Gasteiger partial charge on any atom is -0.480 e. The molecular weight excluding hydrogens is 332 g/mol. The van der Waals surface area contributed by atoms with Crippen molar-refractivity contribution in [2.45, 2.75) is 44.0 Å². The van der Waals surface area contributed by atoms with Crippen LogP contribution in [0.15, 0.2) is 24.3 Å². The number of aliphatic hydroxyl groups is 1. The molecule has 0 saturated carbocycles. The van der Waals surface area contributed by atoms with Crippen molar-refractivity contribution in [2.75, 3.05) is 7.05 Å². The van der Waals surface area contributed by atoms with Crippen molar-refractivity contribution in [2.24, 2.45) is 11.1 Å². The van der Waals surface area contributed by atoms with Gasteiger partial charge in [-0.2, -0.15) is 0 Å². The summed E-state index contributed by atoms with van der Waals surface area (Å²) in [6.07, 6.45) is 0.561. The van der Waals surface area contributed by atoms with Crippen LogP contribution >= 0.6 is 12.4 Å². The summed E-state index contributed by atoms with van der Waals surface area (Å²) in [5.41, 5.74) is 4.93. The number of rotatable bonds is 4. The minimum absolute atomic E-state index is 0. The molecule has 0 aliphatic carbocycles. The molecule has 0 aromatic heterocycles. The van der Waals surface area contributed by atoms with Crippen LogP contribution < -0.4 is 5.73 Å². The van der Waals surface area contributed by atoms with Gasteiger partial charge in [0.05, 0.1) is 6.10 Å². The molecule has 0 radical (unpaired) electrons. The number of hydrogen-bond donors (Lipinski definition) is 3. The van der Waals surface area contributed by atoms with E-state index >= 15 is 0 Å². The van der Waals surface area contributed by atoms with Gasteiger partial charge in [0.2, 0.25) is 0 Å². The zero-order chi connectivity index (χ0) is 16.8. The molecule has 24 heavy (non-hydrogen) atoms. The third-order valence-electron chi connectivity index (χ3n) is 5.57. The number of Topliss-reactive ketones (excluding diaryl/α,β-unsaturated/α-hetero) is 1. The zero-order valence-corrected chi connectivity index (χ0v) is 14.3. The van der Waals surface area contributed by atoms with Crippen molar-refractivity contribution in [1.29, 1.82) is 0 Å². The lowest BCUT2D eigenvalue weighted by molar-refractivity contribution is -0.161. The van der Waals surface area contributed by atoms with E-state index in [9.17, 15) is 19.8 Å². The average Bonchev–Trinajstić information content (AvgIpc) is 2.80. The van der Waals surface area contributed by atoms with E-state index in [0.29, 0.717) is 24.9 Å². The maximum Gasteiger partial charge on any atom is 0.321 e. The molecule has 1 aromatic carbocycles. The van der Waals surface area contributed by atoms with Crippen LogP contribution in [0, 0.1) is 5.41 Å². The summed E-state index contributed by atoms with van der Waals surface area (Å²) in [5.74, 6) is -1.76. The molecule has 4 N–H and O–H groups in total. The SMILES string of the molecule is CN1[C@H]2CC[C@@H]1[C@](C(=O)O)(C(=O)c1ccc(CN)cc1)[C@@H](O)C2.Cl. The van der Waals surface area contributed by atoms with Gasteiger partial charge in [0.25, 0.3) is 0 Å². The lowest BCUT2D eigenvalue weighted by Gasteiger charge is -2.46. The first-order chi connectivity index (χ1) is 10.9.